The van der Waals surface area contributed by atoms with Gasteiger partial charge in [0.05, 0.1) is 0 Å². The second-order valence-electron chi connectivity index (χ2n) is 5.98. The smallest absolute Gasteiger partial charge is 0.134 e. The van der Waals surface area contributed by atoms with Crippen LogP contribution in [-0.2, 0) is 13.0 Å². The summed E-state index contributed by atoms with van der Waals surface area (Å²) in [6.07, 6.45) is 2.24. The molecule has 1 atom stereocenters. The van der Waals surface area contributed by atoms with E-state index in [1.807, 2.05) is 6.07 Å². The van der Waals surface area contributed by atoms with E-state index in [2.05, 4.69) is 44.3 Å². The zero-order chi connectivity index (χ0) is 12.8. The van der Waals surface area contributed by atoms with Crippen molar-refractivity contribution < 1.29 is 4.42 Å². The summed E-state index contributed by atoms with van der Waals surface area (Å²) in [5.41, 5.74) is 2.84. The molecule has 1 aliphatic carbocycles. The first-order valence-electron chi connectivity index (χ1n) is 6.84. The molecule has 0 bridgehead atoms. The maximum atomic E-state index is 5.91. The van der Waals surface area contributed by atoms with Gasteiger partial charge in [-0.1, -0.05) is 39.0 Å². The number of rotatable bonds is 4. The molecule has 0 spiro atoms. The Hall–Kier alpha value is -1.28. The highest BCUT2D eigenvalue weighted by Crippen LogP contribution is 2.44. The van der Waals surface area contributed by atoms with Gasteiger partial charge in [-0.3, -0.25) is 0 Å². The Balaban J connectivity index is 1.85. The molecule has 1 aliphatic rings. The highest BCUT2D eigenvalue weighted by molar-refractivity contribution is 5.82. The molecule has 1 heterocycles. The molecule has 2 nitrogen and oxygen atoms in total. The van der Waals surface area contributed by atoms with Crippen LogP contribution in [0.1, 0.15) is 38.5 Å². The van der Waals surface area contributed by atoms with Gasteiger partial charge in [0, 0.05) is 30.0 Å². The van der Waals surface area contributed by atoms with E-state index < -0.39 is 0 Å². The van der Waals surface area contributed by atoms with Gasteiger partial charge >= 0.3 is 0 Å². The quantitative estimate of drug-likeness (QED) is 0.881. The van der Waals surface area contributed by atoms with E-state index in [9.17, 15) is 0 Å². The molecule has 0 radical (unpaired) electrons. The molecule has 1 saturated carbocycles. The molecule has 1 fully saturated rings. The minimum atomic E-state index is 0.478. The normalized spacial score (nSPS) is 21.4. The van der Waals surface area contributed by atoms with Crippen LogP contribution < -0.4 is 5.32 Å². The average molecular weight is 243 g/mol. The zero-order valence-corrected chi connectivity index (χ0v) is 11.4. The highest BCUT2D eigenvalue weighted by atomic mass is 16.3. The monoisotopic (exact) mass is 243 g/mol. The largest absolute Gasteiger partial charge is 0.461 e. The number of para-hydroxylation sites is 1. The molecule has 1 aromatic carbocycles. The van der Waals surface area contributed by atoms with Gasteiger partial charge in [0.15, 0.2) is 0 Å². The number of benzene rings is 1. The van der Waals surface area contributed by atoms with Crippen molar-refractivity contribution in [3.8, 4) is 0 Å². The Bertz CT molecular complexity index is 567. The zero-order valence-electron chi connectivity index (χ0n) is 11.4. The lowest BCUT2D eigenvalue weighted by atomic mass is 10.1. The van der Waals surface area contributed by atoms with Crippen LogP contribution in [0.5, 0.6) is 0 Å². The summed E-state index contributed by atoms with van der Waals surface area (Å²) >= 11 is 0. The lowest BCUT2D eigenvalue weighted by Crippen LogP contribution is -2.20. The number of nitrogens with one attached hydrogen (secondary N) is 1. The van der Waals surface area contributed by atoms with Crippen LogP contribution in [0.15, 0.2) is 28.7 Å². The third-order valence-corrected chi connectivity index (χ3v) is 4.14. The van der Waals surface area contributed by atoms with E-state index in [1.54, 1.807) is 0 Å². The molecule has 2 heteroatoms. The summed E-state index contributed by atoms with van der Waals surface area (Å²) in [7, 11) is 0. The van der Waals surface area contributed by atoms with Crippen molar-refractivity contribution in [3.05, 3.63) is 35.6 Å². The van der Waals surface area contributed by atoms with Gasteiger partial charge in [0.1, 0.15) is 11.3 Å². The van der Waals surface area contributed by atoms with Gasteiger partial charge in [0.2, 0.25) is 0 Å². The molecule has 3 rings (SSSR count). The van der Waals surface area contributed by atoms with E-state index in [0.717, 1.165) is 24.3 Å². The van der Waals surface area contributed by atoms with E-state index in [-0.39, 0.29) is 0 Å². The first-order chi connectivity index (χ1) is 8.62. The minimum absolute atomic E-state index is 0.478. The van der Waals surface area contributed by atoms with E-state index in [0.29, 0.717) is 11.5 Å². The Labute approximate surface area is 108 Å². The van der Waals surface area contributed by atoms with Crippen LogP contribution in [0.3, 0.4) is 0 Å². The van der Waals surface area contributed by atoms with Gasteiger partial charge in [-0.15, -0.1) is 0 Å². The third kappa shape index (κ3) is 1.95. The number of hydrogen-bond acceptors (Lipinski definition) is 2. The Morgan fingerprint density at radius 3 is 2.72 bits per heavy atom. The number of furan rings is 1. The van der Waals surface area contributed by atoms with Crippen molar-refractivity contribution in [1.82, 2.24) is 5.32 Å². The summed E-state index contributed by atoms with van der Waals surface area (Å²) in [6, 6.07) is 9.00. The fraction of sp³-hybridized carbons (Fsp3) is 0.500. The summed E-state index contributed by atoms with van der Waals surface area (Å²) in [6.45, 7) is 7.72. The summed E-state index contributed by atoms with van der Waals surface area (Å²) in [4.78, 5) is 0. The maximum Gasteiger partial charge on any atom is 0.134 e. The van der Waals surface area contributed by atoms with Gasteiger partial charge in [-0.2, -0.15) is 0 Å². The number of hydrogen-bond donors (Lipinski definition) is 1. The summed E-state index contributed by atoms with van der Waals surface area (Å²) in [5, 5.41) is 4.92. The molecule has 0 aliphatic heterocycles. The molecule has 1 aromatic heterocycles. The van der Waals surface area contributed by atoms with Crippen LogP contribution in [0.2, 0.25) is 0 Å². The van der Waals surface area contributed by atoms with Crippen LogP contribution in [0, 0.1) is 5.41 Å². The molecule has 0 amide bonds. The standard InChI is InChI=1S/C16H21NO/c1-4-13-12(10-17-15-9-16(15,2)3)11-7-5-6-8-14(11)18-13/h5-8,15,17H,4,9-10H2,1-3H3. The highest BCUT2D eigenvalue weighted by Gasteiger charge is 2.45. The summed E-state index contributed by atoms with van der Waals surface area (Å²) < 4.78 is 5.91. The van der Waals surface area contributed by atoms with Crippen LogP contribution >= 0.6 is 0 Å². The molecule has 1 N–H and O–H groups in total. The van der Waals surface area contributed by atoms with Crippen LogP contribution in [0.25, 0.3) is 11.0 Å². The minimum Gasteiger partial charge on any atom is -0.461 e. The molecule has 2 aromatic rings. The predicted molar refractivity (Wildman–Crippen MR) is 74.6 cm³/mol. The van der Waals surface area contributed by atoms with Crippen LogP contribution in [-0.4, -0.2) is 6.04 Å². The van der Waals surface area contributed by atoms with Gasteiger partial charge in [-0.25, -0.2) is 0 Å². The lowest BCUT2D eigenvalue weighted by molar-refractivity contribution is 0.522. The molecule has 96 valence electrons. The lowest BCUT2D eigenvalue weighted by Gasteiger charge is -2.06. The predicted octanol–water partition coefficient (Wildman–Crippen LogP) is 3.88. The van der Waals surface area contributed by atoms with Crippen molar-refractivity contribution >= 4 is 11.0 Å². The number of fused-ring (bicyclic) bond motifs is 1. The molecule has 0 saturated heterocycles. The van der Waals surface area contributed by atoms with Gasteiger partial charge in [-0.05, 0) is 17.9 Å². The Morgan fingerprint density at radius 1 is 1.33 bits per heavy atom. The first kappa shape index (κ1) is 11.8. The van der Waals surface area contributed by atoms with E-state index in [4.69, 9.17) is 4.42 Å². The fourth-order valence-corrected chi connectivity index (χ4v) is 2.67. The molecular weight excluding hydrogens is 222 g/mol. The third-order valence-electron chi connectivity index (χ3n) is 4.14. The average Bonchev–Trinajstić information content (AvgIpc) is 2.83. The van der Waals surface area contributed by atoms with E-state index in [1.165, 1.54) is 17.4 Å². The first-order valence-corrected chi connectivity index (χ1v) is 6.84. The topological polar surface area (TPSA) is 25.2 Å². The van der Waals surface area contributed by atoms with Crippen molar-refractivity contribution in [2.75, 3.05) is 0 Å². The summed E-state index contributed by atoms with van der Waals surface area (Å²) in [5.74, 6) is 1.13. The van der Waals surface area contributed by atoms with Crippen molar-refractivity contribution in [2.45, 2.75) is 46.2 Å². The second-order valence-corrected chi connectivity index (χ2v) is 5.98. The molecule has 18 heavy (non-hydrogen) atoms. The molecule has 1 unspecified atom stereocenters. The van der Waals surface area contributed by atoms with Crippen molar-refractivity contribution in [1.29, 1.82) is 0 Å². The number of aryl methyl sites for hydroxylation is 1. The van der Waals surface area contributed by atoms with Gasteiger partial charge < -0.3 is 9.73 Å². The maximum absolute atomic E-state index is 5.91. The van der Waals surface area contributed by atoms with Crippen LogP contribution in [0.4, 0.5) is 0 Å². The van der Waals surface area contributed by atoms with Crippen molar-refractivity contribution in [3.63, 3.8) is 0 Å². The van der Waals surface area contributed by atoms with Gasteiger partial charge in [0.25, 0.3) is 0 Å². The van der Waals surface area contributed by atoms with E-state index >= 15 is 0 Å². The fourth-order valence-electron chi connectivity index (χ4n) is 2.67. The Kier molecular flexibility index (Phi) is 2.70. The van der Waals surface area contributed by atoms with Crippen molar-refractivity contribution in [2.24, 2.45) is 5.41 Å². The second kappa shape index (κ2) is 4.13. The molecular formula is C16H21NO. The Morgan fingerprint density at radius 2 is 2.06 bits per heavy atom. The SMILES string of the molecule is CCc1oc2ccccc2c1CNC1CC1(C)C.